The van der Waals surface area contributed by atoms with Crippen molar-refractivity contribution < 1.29 is 26.3 Å². The zero-order valence-corrected chi connectivity index (χ0v) is 10.2. The zero-order valence-electron chi connectivity index (χ0n) is 10.2. The van der Waals surface area contributed by atoms with E-state index in [2.05, 4.69) is 0 Å². The number of nitrogens with zero attached hydrogens (tertiary/aromatic N) is 1. The molecule has 0 spiro atoms. The molecule has 1 aliphatic heterocycles. The molecular formula is C13H11F6N. The van der Waals surface area contributed by atoms with Crippen molar-refractivity contribution in [3.63, 3.8) is 0 Å². The predicted octanol–water partition coefficient (Wildman–Crippen LogP) is 3.92. The SMILES string of the molecule is FC(F)(F)C1=C(C(F)(F)F)CN(Cc2ccccc2)C1. The van der Waals surface area contributed by atoms with Crippen LogP contribution in [0.1, 0.15) is 5.56 Å². The summed E-state index contributed by atoms with van der Waals surface area (Å²) in [6.45, 7) is -1.40. The molecule has 1 aromatic carbocycles. The molecule has 0 N–H and O–H groups in total. The molecule has 0 saturated carbocycles. The van der Waals surface area contributed by atoms with Crippen molar-refractivity contribution in [2.24, 2.45) is 0 Å². The maximum absolute atomic E-state index is 12.7. The molecule has 0 atom stereocenters. The molecule has 0 aliphatic carbocycles. The third-order valence-corrected chi connectivity index (χ3v) is 3.06. The Bertz CT molecular complexity index is 474. The van der Waals surface area contributed by atoms with Gasteiger partial charge in [-0.3, -0.25) is 4.90 Å². The lowest BCUT2D eigenvalue weighted by Gasteiger charge is -2.16. The molecule has 110 valence electrons. The van der Waals surface area contributed by atoms with Crippen LogP contribution in [-0.2, 0) is 6.54 Å². The van der Waals surface area contributed by atoms with Gasteiger partial charge in [0.1, 0.15) is 0 Å². The lowest BCUT2D eigenvalue weighted by Crippen LogP contribution is -2.24. The van der Waals surface area contributed by atoms with Gasteiger partial charge in [0.2, 0.25) is 0 Å². The Morgan fingerprint density at radius 2 is 1.25 bits per heavy atom. The summed E-state index contributed by atoms with van der Waals surface area (Å²) in [5, 5.41) is 0. The molecule has 1 heterocycles. The van der Waals surface area contributed by atoms with Crippen molar-refractivity contribution in [3.05, 3.63) is 47.0 Å². The molecular weight excluding hydrogens is 284 g/mol. The van der Waals surface area contributed by atoms with Crippen LogP contribution < -0.4 is 0 Å². The van der Waals surface area contributed by atoms with E-state index in [1.807, 2.05) is 0 Å². The summed E-state index contributed by atoms with van der Waals surface area (Å²) in [6, 6.07) is 8.44. The Morgan fingerprint density at radius 3 is 1.65 bits per heavy atom. The smallest absolute Gasteiger partial charge is 0.291 e. The van der Waals surface area contributed by atoms with E-state index in [1.165, 1.54) is 0 Å². The van der Waals surface area contributed by atoms with Crippen LogP contribution in [0.3, 0.4) is 0 Å². The highest BCUT2D eigenvalue weighted by atomic mass is 19.4. The number of rotatable bonds is 2. The van der Waals surface area contributed by atoms with E-state index in [0.29, 0.717) is 5.56 Å². The van der Waals surface area contributed by atoms with Crippen molar-refractivity contribution >= 4 is 0 Å². The first kappa shape index (κ1) is 14.9. The predicted molar refractivity (Wildman–Crippen MR) is 60.9 cm³/mol. The third-order valence-electron chi connectivity index (χ3n) is 3.06. The van der Waals surface area contributed by atoms with Crippen LogP contribution in [0.15, 0.2) is 41.5 Å². The van der Waals surface area contributed by atoms with Gasteiger partial charge in [-0.1, -0.05) is 30.3 Å². The van der Waals surface area contributed by atoms with Crippen LogP contribution in [-0.4, -0.2) is 30.3 Å². The normalized spacial score (nSPS) is 17.9. The van der Waals surface area contributed by atoms with Crippen LogP contribution in [0, 0.1) is 0 Å². The molecule has 0 fully saturated rings. The summed E-state index contributed by atoms with van der Waals surface area (Å²) in [6.07, 6.45) is -9.90. The molecule has 1 aromatic rings. The van der Waals surface area contributed by atoms with Crippen LogP contribution in [0.4, 0.5) is 26.3 Å². The van der Waals surface area contributed by atoms with E-state index in [9.17, 15) is 26.3 Å². The van der Waals surface area contributed by atoms with Gasteiger partial charge in [-0.2, -0.15) is 26.3 Å². The standard InChI is InChI=1S/C13H11F6N/c14-12(15,16)10-7-20(8-11(10)13(17,18)19)6-9-4-2-1-3-5-9/h1-5H,6-8H2. The maximum Gasteiger partial charge on any atom is 0.414 e. The number of hydrogen-bond acceptors (Lipinski definition) is 1. The van der Waals surface area contributed by atoms with E-state index in [0.717, 1.165) is 4.90 Å². The summed E-state index contributed by atoms with van der Waals surface area (Å²) in [4.78, 5) is 1.14. The molecule has 2 rings (SSSR count). The lowest BCUT2D eigenvalue weighted by atomic mass is 10.1. The molecule has 7 heteroatoms. The Labute approximate surface area is 111 Å². The fourth-order valence-electron chi connectivity index (χ4n) is 2.17. The summed E-state index contributed by atoms with van der Waals surface area (Å²) in [7, 11) is 0. The fourth-order valence-corrected chi connectivity index (χ4v) is 2.17. The Morgan fingerprint density at radius 1 is 0.800 bits per heavy atom. The van der Waals surface area contributed by atoms with Gasteiger partial charge < -0.3 is 0 Å². The molecule has 0 radical (unpaired) electrons. The van der Waals surface area contributed by atoms with Crippen molar-refractivity contribution in [1.29, 1.82) is 0 Å². The van der Waals surface area contributed by atoms with Gasteiger partial charge >= 0.3 is 12.4 Å². The van der Waals surface area contributed by atoms with Gasteiger partial charge in [-0.25, -0.2) is 0 Å². The minimum atomic E-state index is -4.95. The first-order chi connectivity index (χ1) is 9.18. The van der Waals surface area contributed by atoms with E-state index in [1.54, 1.807) is 30.3 Å². The third kappa shape index (κ3) is 3.33. The Balaban J connectivity index is 2.18. The van der Waals surface area contributed by atoms with Crippen molar-refractivity contribution in [1.82, 2.24) is 4.90 Å². The average Bonchev–Trinajstić information content (AvgIpc) is 2.74. The maximum atomic E-state index is 12.7. The number of alkyl halides is 6. The molecule has 0 aromatic heterocycles. The van der Waals surface area contributed by atoms with E-state index in [-0.39, 0.29) is 6.54 Å². The minimum absolute atomic E-state index is 0.0556. The molecule has 1 nitrogen and oxygen atoms in total. The van der Waals surface area contributed by atoms with Crippen LogP contribution in [0.2, 0.25) is 0 Å². The number of halogens is 6. The lowest BCUT2D eigenvalue weighted by molar-refractivity contribution is -0.113. The second kappa shape index (κ2) is 5.12. The van der Waals surface area contributed by atoms with Gasteiger partial charge in [0.15, 0.2) is 0 Å². The van der Waals surface area contributed by atoms with E-state index in [4.69, 9.17) is 0 Å². The minimum Gasteiger partial charge on any atom is -0.291 e. The van der Waals surface area contributed by atoms with Gasteiger partial charge in [0.05, 0.1) is 11.1 Å². The highest BCUT2D eigenvalue weighted by Gasteiger charge is 2.49. The van der Waals surface area contributed by atoms with Gasteiger partial charge in [-0.15, -0.1) is 0 Å². The first-order valence-corrected chi connectivity index (χ1v) is 5.80. The van der Waals surface area contributed by atoms with E-state index < -0.39 is 36.6 Å². The second-order valence-electron chi connectivity index (χ2n) is 4.58. The molecule has 0 bridgehead atoms. The average molecular weight is 295 g/mol. The summed E-state index contributed by atoms with van der Waals surface area (Å²) >= 11 is 0. The topological polar surface area (TPSA) is 3.24 Å². The molecule has 0 amide bonds. The number of hydrogen-bond donors (Lipinski definition) is 0. The van der Waals surface area contributed by atoms with Gasteiger partial charge in [-0.05, 0) is 5.56 Å². The van der Waals surface area contributed by atoms with Crippen molar-refractivity contribution in [3.8, 4) is 0 Å². The largest absolute Gasteiger partial charge is 0.414 e. The molecule has 0 saturated heterocycles. The second-order valence-corrected chi connectivity index (χ2v) is 4.58. The van der Waals surface area contributed by atoms with Gasteiger partial charge in [0, 0.05) is 19.6 Å². The van der Waals surface area contributed by atoms with Crippen LogP contribution >= 0.6 is 0 Å². The van der Waals surface area contributed by atoms with Gasteiger partial charge in [0.25, 0.3) is 0 Å². The Hall–Kier alpha value is -1.50. The summed E-state index contributed by atoms with van der Waals surface area (Å²) in [5.41, 5.74) is -2.29. The Kier molecular flexibility index (Phi) is 3.82. The molecule has 1 aliphatic rings. The first-order valence-electron chi connectivity index (χ1n) is 5.80. The van der Waals surface area contributed by atoms with Crippen LogP contribution in [0.5, 0.6) is 0 Å². The van der Waals surface area contributed by atoms with Crippen molar-refractivity contribution in [2.75, 3.05) is 13.1 Å². The highest BCUT2D eigenvalue weighted by Crippen LogP contribution is 2.40. The zero-order chi connectivity index (χ0) is 15.0. The summed E-state index contributed by atoms with van der Waals surface area (Å²) < 4.78 is 76.0. The quantitative estimate of drug-likeness (QED) is 0.590. The van der Waals surface area contributed by atoms with Crippen LogP contribution in [0.25, 0.3) is 0 Å². The monoisotopic (exact) mass is 295 g/mol. The highest BCUT2D eigenvalue weighted by molar-refractivity contribution is 5.31. The number of benzene rings is 1. The van der Waals surface area contributed by atoms with Crippen molar-refractivity contribution in [2.45, 2.75) is 18.9 Å². The molecule has 20 heavy (non-hydrogen) atoms. The summed E-state index contributed by atoms with van der Waals surface area (Å²) in [5.74, 6) is 0. The molecule has 0 unspecified atom stereocenters. The van der Waals surface area contributed by atoms with E-state index >= 15 is 0 Å². The fraction of sp³-hybridized carbons (Fsp3) is 0.385.